The van der Waals surface area contributed by atoms with Gasteiger partial charge in [0.1, 0.15) is 23.8 Å². The molecule has 0 aliphatic rings. The number of halogens is 3. The van der Waals surface area contributed by atoms with E-state index in [9.17, 15) is 37.5 Å². The number of carbonyl (C=O) groups is 5. The molecule has 0 aromatic heterocycles. The maximum Gasteiger partial charge on any atom is 0.490 e. The number of aliphatic hydroxyl groups excluding tert-OH is 1. The third kappa shape index (κ3) is 13.9. The third-order valence-corrected chi connectivity index (χ3v) is 5.29. The second-order valence-electron chi connectivity index (χ2n) is 8.47. The van der Waals surface area contributed by atoms with Crippen LogP contribution in [0.5, 0.6) is 0 Å². The van der Waals surface area contributed by atoms with Crippen molar-refractivity contribution in [3.8, 4) is 0 Å². The van der Waals surface area contributed by atoms with Crippen molar-refractivity contribution >= 4 is 41.4 Å². The normalized spacial score (nSPS) is 12.7. The van der Waals surface area contributed by atoms with E-state index in [1.165, 1.54) is 7.05 Å². The lowest BCUT2D eigenvalue weighted by Crippen LogP contribution is -2.56. The smallest absolute Gasteiger partial charge is 0.475 e. The summed E-state index contributed by atoms with van der Waals surface area (Å²) in [5.74, 6) is -7.44. The number of benzene rings is 1. The van der Waals surface area contributed by atoms with Crippen molar-refractivity contribution in [2.45, 2.75) is 37.5 Å². The zero-order chi connectivity index (χ0) is 32.6. The average Bonchev–Trinajstić information content (AvgIpc) is 2.91. The fourth-order valence-electron chi connectivity index (χ4n) is 3.09. The highest BCUT2D eigenvalue weighted by atomic mass is 19.4. The van der Waals surface area contributed by atoms with E-state index in [-0.39, 0.29) is 31.2 Å². The number of amidine groups is 1. The summed E-state index contributed by atoms with van der Waals surface area (Å²) in [6, 6.07) is 3.87. The molecule has 0 bridgehead atoms. The van der Waals surface area contributed by atoms with E-state index in [1.807, 2.05) is 0 Å². The summed E-state index contributed by atoms with van der Waals surface area (Å²) in [5, 5.41) is 41.0. The molecule has 3 atom stereocenters. The number of hydrogen-bond donors (Lipinski definition) is 11. The Morgan fingerprint density at radius 1 is 0.929 bits per heavy atom. The lowest BCUT2D eigenvalue weighted by Gasteiger charge is -2.23. The molecule has 16 nitrogen and oxygen atoms in total. The molecule has 0 aliphatic heterocycles. The predicted octanol–water partition coefficient (Wildman–Crippen LogP) is -2.78. The van der Waals surface area contributed by atoms with Gasteiger partial charge in [-0.25, -0.2) is 4.79 Å². The first-order chi connectivity index (χ1) is 19.4. The summed E-state index contributed by atoms with van der Waals surface area (Å²) >= 11 is 0. The molecule has 0 heterocycles. The Balaban J connectivity index is 0.00000212. The Hall–Kier alpha value is -4.94. The number of carboxylic acids is 1. The van der Waals surface area contributed by atoms with Crippen LogP contribution >= 0.6 is 0 Å². The fraction of sp³-hybridized carbons (Fsp3) is 0.435. The zero-order valence-electron chi connectivity index (χ0n) is 22.4. The fourth-order valence-corrected chi connectivity index (χ4v) is 3.09. The van der Waals surface area contributed by atoms with Crippen LogP contribution in [0, 0.1) is 16.7 Å². The van der Waals surface area contributed by atoms with E-state index >= 15 is 0 Å². The number of hydrogen-bond acceptors (Lipinski definition) is 8. The standard InChI is InChI=1S/C21H33N9O5.C2HF3O2/c1-27-18(33)13(9-11-4-6-12(7-5-11)16(22)23)19(34)30-15(10-31)20(35)29-14(17(24)32)3-2-8-28-21(25)26;3-2(4,5)1(6)7/h4-7,13-15,31H,2-3,8-10H2,1H3,(H3,22,23)(H2,24,32)(H,27,33)(H,29,35)(H,30,34)(H4,25,26,28);(H,6,7)/t13?,14-,15-;/m0./s1. The average molecular weight is 606 g/mol. The number of rotatable bonds is 14. The molecule has 1 aromatic carbocycles. The molecule has 19 heteroatoms. The molecule has 0 spiro atoms. The number of aliphatic hydroxyl groups is 1. The van der Waals surface area contributed by atoms with Crippen molar-refractivity contribution in [1.29, 1.82) is 10.8 Å². The molecule has 0 fully saturated rings. The Morgan fingerprint density at radius 3 is 1.86 bits per heavy atom. The number of primary amides is 1. The quantitative estimate of drug-likeness (QED) is 0.0448. The highest BCUT2D eigenvalue weighted by Gasteiger charge is 2.38. The summed E-state index contributed by atoms with van der Waals surface area (Å²) < 4.78 is 31.7. The van der Waals surface area contributed by atoms with E-state index in [4.69, 9.17) is 37.9 Å². The van der Waals surface area contributed by atoms with Crippen molar-refractivity contribution < 1.29 is 47.4 Å². The van der Waals surface area contributed by atoms with Gasteiger partial charge in [0.25, 0.3) is 0 Å². The van der Waals surface area contributed by atoms with Gasteiger partial charge in [-0.05, 0) is 24.8 Å². The predicted molar refractivity (Wildman–Crippen MR) is 142 cm³/mol. The molecule has 1 aromatic rings. The summed E-state index contributed by atoms with van der Waals surface area (Å²) in [6.07, 6.45) is -4.62. The Morgan fingerprint density at radius 2 is 1.45 bits per heavy atom. The number of carbonyl (C=O) groups excluding carboxylic acids is 4. The van der Waals surface area contributed by atoms with Gasteiger partial charge in [0.15, 0.2) is 5.96 Å². The number of amides is 4. The van der Waals surface area contributed by atoms with Crippen LogP contribution in [0.1, 0.15) is 24.0 Å². The van der Waals surface area contributed by atoms with Gasteiger partial charge in [-0.15, -0.1) is 0 Å². The van der Waals surface area contributed by atoms with Gasteiger partial charge in [0, 0.05) is 19.2 Å². The summed E-state index contributed by atoms with van der Waals surface area (Å²) in [4.78, 5) is 58.4. The van der Waals surface area contributed by atoms with Crippen LogP contribution in [0.3, 0.4) is 0 Å². The molecule has 1 unspecified atom stereocenters. The largest absolute Gasteiger partial charge is 0.490 e. The minimum atomic E-state index is -5.08. The highest BCUT2D eigenvalue weighted by molar-refractivity contribution is 6.02. The monoisotopic (exact) mass is 605 g/mol. The van der Waals surface area contributed by atoms with E-state index in [0.717, 1.165) is 0 Å². The number of aliphatic carboxylic acids is 1. The van der Waals surface area contributed by atoms with Crippen molar-refractivity contribution in [1.82, 2.24) is 21.3 Å². The van der Waals surface area contributed by atoms with Gasteiger partial charge in [-0.1, -0.05) is 24.3 Å². The number of guanidine groups is 1. The Labute approximate surface area is 237 Å². The molecule has 0 saturated carbocycles. The van der Waals surface area contributed by atoms with E-state index in [2.05, 4.69) is 21.3 Å². The number of carboxylic acid groups (broad SMARTS) is 1. The summed E-state index contributed by atoms with van der Waals surface area (Å²) in [5.41, 5.74) is 17.0. The van der Waals surface area contributed by atoms with Gasteiger partial charge in [-0.2, -0.15) is 13.2 Å². The first-order valence-electron chi connectivity index (χ1n) is 12.0. The van der Waals surface area contributed by atoms with Gasteiger partial charge in [-0.3, -0.25) is 30.0 Å². The van der Waals surface area contributed by atoms with Gasteiger partial charge in [0.2, 0.25) is 23.6 Å². The van der Waals surface area contributed by atoms with E-state index < -0.39 is 60.4 Å². The molecule has 4 amide bonds. The van der Waals surface area contributed by atoms with Gasteiger partial charge < -0.3 is 48.7 Å². The number of nitrogens with two attached hydrogens (primary N) is 3. The third-order valence-electron chi connectivity index (χ3n) is 5.29. The lowest BCUT2D eigenvalue weighted by molar-refractivity contribution is -0.192. The summed E-state index contributed by atoms with van der Waals surface area (Å²) in [7, 11) is 1.36. The molecule has 42 heavy (non-hydrogen) atoms. The second-order valence-corrected chi connectivity index (χ2v) is 8.47. The maximum atomic E-state index is 12.8. The van der Waals surface area contributed by atoms with Crippen molar-refractivity contribution in [3.63, 3.8) is 0 Å². The highest BCUT2D eigenvalue weighted by Crippen LogP contribution is 2.13. The Bertz CT molecular complexity index is 1130. The van der Waals surface area contributed by atoms with Crippen LogP contribution in [0.2, 0.25) is 0 Å². The van der Waals surface area contributed by atoms with Crippen LogP contribution in [0.4, 0.5) is 13.2 Å². The number of nitrogen functional groups attached to an aromatic ring is 1. The van der Waals surface area contributed by atoms with E-state index in [0.29, 0.717) is 17.5 Å². The van der Waals surface area contributed by atoms with Gasteiger partial charge >= 0.3 is 12.1 Å². The second kappa shape index (κ2) is 17.7. The molecule has 1 rings (SSSR count). The zero-order valence-corrected chi connectivity index (χ0v) is 22.4. The van der Waals surface area contributed by atoms with Crippen LogP contribution in [0.25, 0.3) is 0 Å². The maximum absolute atomic E-state index is 12.8. The molecule has 0 radical (unpaired) electrons. The molecular weight excluding hydrogens is 571 g/mol. The minimum Gasteiger partial charge on any atom is -0.475 e. The van der Waals surface area contributed by atoms with Gasteiger partial charge in [0.05, 0.1) is 6.61 Å². The molecule has 0 saturated heterocycles. The van der Waals surface area contributed by atoms with E-state index in [1.54, 1.807) is 24.3 Å². The Kier molecular flexibility index (Phi) is 15.6. The van der Waals surface area contributed by atoms with Crippen LogP contribution in [-0.2, 0) is 30.4 Å². The SMILES string of the molecule is CNC(=O)C(Cc1ccc(C(=N)N)cc1)C(=O)N[C@@H](CO)C(=O)N[C@@H](CCCNC(=N)N)C(N)=O.O=C(O)C(F)(F)F. The minimum absolute atomic E-state index is 0.0173. The molecular formula is C23H34F3N9O7. The van der Waals surface area contributed by atoms with Crippen LogP contribution in [-0.4, -0.2) is 90.1 Å². The molecule has 234 valence electrons. The van der Waals surface area contributed by atoms with Crippen molar-refractivity contribution in [2.75, 3.05) is 20.2 Å². The van der Waals surface area contributed by atoms with Crippen LogP contribution < -0.4 is 38.5 Å². The first kappa shape index (κ1) is 37.1. The topological polar surface area (TPSA) is 300 Å². The van der Waals surface area contributed by atoms with Crippen molar-refractivity contribution in [2.24, 2.45) is 23.1 Å². The van der Waals surface area contributed by atoms with Crippen molar-refractivity contribution in [3.05, 3.63) is 35.4 Å². The van der Waals surface area contributed by atoms with Crippen LogP contribution in [0.15, 0.2) is 24.3 Å². The first-order valence-corrected chi connectivity index (χ1v) is 12.0. The summed E-state index contributed by atoms with van der Waals surface area (Å²) in [6.45, 7) is -0.515. The molecule has 14 N–H and O–H groups in total. The number of nitrogens with one attached hydrogen (secondary N) is 6. The lowest BCUT2D eigenvalue weighted by atomic mass is 9.96. The number of alkyl halides is 3. The molecule has 0 aliphatic carbocycles.